The maximum absolute atomic E-state index is 2.41. The fourth-order valence-electron chi connectivity index (χ4n) is 2.09. The zero-order valence-electron chi connectivity index (χ0n) is 7.72. The lowest BCUT2D eigenvalue weighted by molar-refractivity contribution is 0.137. The molecule has 0 N–H and O–H groups in total. The monoisotopic (exact) mass is 140 g/mol. The van der Waals surface area contributed by atoms with Gasteiger partial charge in [0.05, 0.1) is 0 Å². The van der Waals surface area contributed by atoms with Crippen molar-refractivity contribution in [2.45, 2.75) is 40.5 Å². The van der Waals surface area contributed by atoms with Crippen molar-refractivity contribution in [2.24, 2.45) is 23.7 Å². The van der Waals surface area contributed by atoms with Crippen LogP contribution < -0.4 is 0 Å². The van der Waals surface area contributed by atoms with Crippen molar-refractivity contribution in [3.8, 4) is 0 Å². The molecule has 0 spiro atoms. The smallest absolute Gasteiger partial charge is 0.0389 e. The Hall–Kier alpha value is 0. The van der Waals surface area contributed by atoms with Crippen LogP contribution in [-0.4, -0.2) is 0 Å². The van der Waals surface area contributed by atoms with Crippen LogP contribution in [0.25, 0.3) is 0 Å². The summed E-state index contributed by atoms with van der Waals surface area (Å²) in [5, 5.41) is 0. The van der Waals surface area contributed by atoms with Crippen molar-refractivity contribution in [3.63, 3.8) is 0 Å². The summed E-state index contributed by atoms with van der Waals surface area (Å²) in [6, 6.07) is 0. The summed E-state index contributed by atoms with van der Waals surface area (Å²) in [6.07, 6.45) is 2.90. The third-order valence-electron chi connectivity index (χ3n) is 3.70. The van der Waals surface area contributed by atoms with Gasteiger partial charge in [0.25, 0.3) is 0 Å². The minimum absolute atomic E-state index is 0.948. The highest BCUT2D eigenvalue weighted by Gasteiger charge is 2.28. The second kappa shape index (κ2) is 2.94. The molecule has 1 rings (SSSR count). The predicted molar refractivity (Wildman–Crippen MR) is 45.9 cm³/mol. The van der Waals surface area contributed by atoms with Gasteiger partial charge in [-0.2, -0.15) is 0 Å². The van der Waals surface area contributed by atoms with E-state index >= 15 is 0 Å². The minimum Gasteiger partial charge on any atom is -0.0622 e. The second-order valence-electron chi connectivity index (χ2n) is 4.25. The van der Waals surface area contributed by atoms with Crippen molar-refractivity contribution in [2.75, 3.05) is 0 Å². The first kappa shape index (κ1) is 8.10. The molecule has 0 heterocycles. The Bertz CT molecular complexity index is 92.6. The Morgan fingerprint density at radius 2 is 1.00 bits per heavy atom. The molecular formula is C10H20. The zero-order valence-corrected chi connectivity index (χ0v) is 7.72. The van der Waals surface area contributed by atoms with Gasteiger partial charge in [-0.1, -0.05) is 40.5 Å². The van der Waals surface area contributed by atoms with E-state index in [1.807, 2.05) is 0 Å². The van der Waals surface area contributed by atoms with Crippen LogP contribution >= 0.6 is 0 Å². The van der Waals surface area contributed by atoms with Crippen molar-refractivity contribution in [1.82, 2.24) is 0 Å². The molecule has 0 radical (unpaired) electrons. The molecule has 1 saturated carbocycles. The summed E-state index contributed by atoms with van der Waals surface area (Å²) in [5.41, 5.74) is 0. The Labute approximate surface area is 65.0 Å². The normalized spacial score (nSPS) is 49.2. The van der Waals surface area contributed by atoms with E-state index in [-0.39, 0.29) is 0 Å². The van der Waals surface area contributed by atoms with Crippen molar-refractivity contribution >= 4 is 0 Å². The van der Waals surface area contributed by atoms with Crippen LogP contribution in [0.1, 0.15) is 40.5 Å². The van der Waals surface area contributed by atoms with Crippen molar-refractivity contribution < 1.29 is 0 Å². The molecule has 0 saturated heterocycles. The number of hydrogen-bond acceptors (Lipinski definition) is 0. The molecule has 10 heavy (non-hydrogen) atoms. The molecule has 0 aromatic heterocycles. The van der Waals surface area contributed by atoms with Gasteiger partial charge in [0.2, 0.25) is 0 Å². The summed E-state index contributed by atoms with van der Waals surface area (Å²) in [4.78, 5) is 0. The van der Waals surface area contributed by atoms with Crippen molar-refractivity contribution in [3.05, 3.63) is 0 Å². The van der Waals surface area contributed by atoms with Crippen LogP contribution in [0, 0.1) is 23.7 Å². The lowest BCUT2D eigenvalue weighted by atomic mass is 9.69. The molecule has 1 aliphatic carbocycles. The molecular weight excluding hydrogens is 120 g/mol. The average molecular weight is 140 g/mol. The van der Waals surface area contributed by atoms with E-state index in [4.69, 9.17) is 0 Å². The molecule has 0 bridgehead atoms. The van der Waals surface area contributed by atoms with Crippen LogP contribution in [-0.2, 0) is 0 Å². The molecule has 0 heteroatoms. The van der Waals surface area contributed by atoms with E-state index in [0.717, 1.165) is 23.7 Å². The fourth-order valence-corrected chi connectivity index (χ4v) is 2.09. The predicted octanol–water partition coefficient (Wildman–Crippen LogP) is 3.32. The summed E-state index contributed by atoms with van der Waals surface area (Å²) < 4.78 is 0. The van der Waals surface area contributed by atoms with Gasteiger partial charge in [-0.3, -0.25) is 0 Å². The largest absolute Gasteiger partial charge is 0.0622 e. The zero-order chi connectivity index (χ0) is 7.72. The van der Waals surface area contributed by atoms with Gasteiger partial charge >= 0.3 is 0 Å². The van der Waals surface area contributed by atoms with Gasteiger partial charge in [-0.25, -0.2) is 0 Å². The van der Waals surface area contributed by atoms with Crippen LogP contribution in [0.2, 0.25) is 0 Å². The Morgan fingerprint density at radius 1 is 0.700 bits per heavy atom. The highest BCUT2D eigenvalue weighted by molar-refractivity contribution is 4.78. The molecule has 0 aromatic rings. The van der Waals surface area contributed by atoms with Gasteiger partial charge < -0.3 is 0 Å². The van der Waals surface area contributed by atoms with Gasteiger partial charge in [0.1, 0.15) is 0 Å². The van der Waals surface area contributed by atoms with Gasteiger partial charge in [0.15, 0.2) is 0 Å². The van der Waals surface area contributed by atoms with Crippen LogP contribution in [0.3, 0.4) is 0 Å². The van der Waals surface area contributed by atoms with E-state index in [0.29, 0.717) is 0 Å². The maximum Gasteiger partial charge on any atom is -0.0389 e. The summed E-state index contributed by atoms with van der Waals surface area (Å²) in [6.45, 7) is 9.61. The molecule has 0 aliphatic heterocycles. The SMILES string of the molecule is C[C@@H]1[C@@H](C)[C@@H](C)CC[C@@H]1C. The van der Waals surface area contributed by atoms with Crippen LogP contribution in [0.15, 0.2) is 0 Å². The second-order valence-corrected chi connectivity index (χ2v) is 4.25. The molecule has 0 nitrogen and oxygen atoms in total. The van der Waals surface area contributed by atoms with E-state index in [2.05, 4.69) is 27.7 Å². The fraction of sp³-hybridized carbons (Fsp3) is 1.00. The van der Waals surface area contributed by atoms with E-state index in [9.17, 15) is 0 Å². The Balaban J connectivity index is 2.52. The highest BCUT2D eigenvalue weighted by Crippen LogP contribution is 2.37. The lowest BCUT2D eigenvalue weighted by Crippen LogP contribution is -2.27. The third-order valence-corrected chi connectivity index (χ3v) is 3.70. The molecule has 1 aliphatic rings. The van der Waals surface area contributed by atoms with E-state index in [1.54, 1.807) is 0 Å². The molecule has 0 unspecified atom stereocenters. The van der Waals surface area contributed by atoms with Gasteiger partial charge in [-0.15, -0.1) is 0 Å². The van der Waals surface area contributed by atoms with Gasteiger partial charge in [-0.05, 0) is 23.7 Å². The first-order valence-corrected chi connectivity index (χ1v) is 4.63. The summed E-state index contributed by atoms with van der Waals surface area (Å²) >= 11 is 0. The molecule has 60 valence electrons. The number of rotatable bonds is 0. The third kappa shape index (κ3) is 1.36. The average Bonchev–Trinajstić information content (AvgIpc) is 1.93. The van der Waals surface area contributed by atoms with E-state index < -0.39 is 0 Å². The summed E-state index contributed by atoms with van der Waals surface area (Å²) in [7, 11) is 0. The van der Waals surface area contributed by atoms with Crippen LogP contribution in [0.5, 0.6) is 0 Å². The summed E-state index contributed by atoms with van der Waals surface area (Å²) in [5.74, 6) is 3.82. The van der Waals surface area contributed by atoms with Crippen molar-refractivity contribution in [1.29, 1.82) is 0 Å². The Kier molecular flexibility index (Phi) is 2.38. The maximum atomic E-state index is 2.41. The quantitative estimate of drug-likeness (QED) is 0.484. The first-order chi connectivity index (χ1) is 4.63. The Morgan fingerprint density at radius 3 is 1.30 bits per heavy atom. The van der Waals surface area contributed by atoms with Crippen LogP contribution in [0.4, 0.5) is 0 Å². The standard InChI is InChI=1S/C10H20/c1-7-5-6-8(2)10(4)9(7)3/h7-10H,5-6H2,1-4H3/t7-,8-,9-,10-/m0/s1. The molecule has 0 aromatic carbocycles. The molecule has 0 amide bonds. The van der Waals surface area contributed by atoms with Gasteiger partial charge in [0, 0.05) is 0 Å². The van der Waals surface area contributed by atoms with E-state index in [1.165, 1.54) is 12.8 Å². The minimum atomic E-state index is 0.948. The lowest BCUT2D eigenvalue weighted by Gasteiger charge is -2.36. The number of hydrogen-bond donors (Lipinski definition) is 0. The first-order valence-electron chi connectivity index (χ1n) is 4.63. The molecule has 1 fully saturated rings. The molecule has 4 atom stereocenters. The topological polar surface area (TPSA) is 0 Å². The highest BCUT2D eigenvalue weighted by atomic mass is 14.3.